The molecule has 1 unspecified atom stereocenters. The lowest BCUT2D eigenvalue weighted by molar-refractivity contribution is -0.274. The fraction of sp³-hybridized carbons (Fsp3) is 0.235. The minimum atomic E-state index is -4.75. The molecule has 4 nitrogen and oxygen atoms in total. The molecule has 0 spiro atoms. The van der Waals surface area contributed by atoms with Crippen molar-refractivity contribution in [3.05, 3.63) is 59.7 Å². The van der Waals surface area contributed by atoms with Gasteiger partial charge in [-0.3, -0.25) is 0 Å². The summed E-state index contributed by atoms with van der Waals surface area (Å²) in [5.41, 5.74) is 1.26. The van der Waals surface area contributed by atoms with E-state index in [1.807, 2.05) is 0 Å². The van der Waals surface area contributed by atoms with Crippen LogP contribution in [-0.4, -0.2) is 22.9 Å². The smallest absolute Gasteiger partial charge is 0.406 e. The van der Waals surface area contributed by atoms with Crippen molar-refractivity contribution in [3.63, 3.8) is 0 Å². The zero-order valence-electron chi connectivity index (χ0n) is 13.1. The van der Waals surface area contributed by atoms with Gasteiger partial charge in [-0.25, -0.2) is 9.37 Å². The van der Waals surface area contributed by atoms with Gasteiger partial charge in [-0.15, -0.1) is 13.2 Å². The molecule has 132 valence electrons. The largest absolute Gasteiger partial charge is 0.573 e. The minimum absolute atomic E-state index is 0.180. The number of nitrogens with zero attached hydrogens (tertiary/aromatic N) is 1. The molecule has 0 saturated heterocycles. The Bertz CT molecular complexity index is 859. The van der Waals surface area contributed by atoms with Crippen LogP contribution in [0.1, 0.15) is 24.4 Å². The van der Waals surface area contributed by atoms with Crippen molar-refractivity contribution in [1.29, 1.82) is 0 Å². The molecule has 1 heterocycles. The van der Waals surface area contributed by atoms with Crippen LogP contribution in [0.4, 0.5) is 17.6 Å². The van der Waals surface area contributed by atoms with Crippen LogP contribution < -0.4 is 4.74 Å². The molecule has 25 heavy (non-hydrogen) atoms. The summed E-state index contributed by atoms with van der Waals surface area (Å²) in [6.45, 7) is 2.11. The van der Waals surface area contributed by atoms with Crippen LogP contribution in [0, 0.1) is 5.82 Å². The Morgan fingerprint density at radius 2 is 1.84 bits per heavy atom. The molecule has 0 radical (unpaired) electrons. The van der Waals surface area contributed by atoms with Crippen LogP contribution in [0.15, 0.2) is 42.5 Å². The van der Waals surface area contributed by atoms with Gasteiger partial charge >= 0.3 is 6.36 Å². The Balaban J connectivity index is 1.93. The Kier molecular flexibility index (Phi) is 4.63. The van der Waals surface area contributed by atoms with E-state index in [9.17, 15) is 17.6 Å². The number of fused-ring (bicyclic) bond motifs is 1. The van der Waals surface area contributed by atoms with Gasteiger partial charge in [-0.2, -0.15) is 0 Å². The molecule has 2 aromatic carbocycles. The van der Waals surface area contributed by atoms with Crippen LogP contribution in [0.5, 0.6) is 5.75 Å². The van der Waals surface area contributed by atoms with E-state index in [1.54, 1.807) is 19.1 Å². The molecule has 3 rings (SSSR count). The fourth-order valence-corrected chi connectivity index (χ4v) is 2.48. The summed E-state index contributed by atoms with van der Waals surface area (Å²) in [5.74, 6) is -0.433. The number of halogens is 4. The molecule has 0 saturated carbocycles. The molecule has 0 fully saturated rings. The van der Waals surface area contributed by atoms with E-state index >= 15 is 0 Å². The van der Waals surface area contributed by atoms with Gasteiger partial charge in [0.1, 0.15) is 23.2 Å². The average molecular weight is 354 g/mol. The molecular formula is C17H14F4N2O2. The van der Waals surface area contributed by atoms with Crippen molar-refractivity contribution >= 4 is 11.0 Å². The topological polar surface area (TPSA) is 47.1 Å². The number of imidazole rings is 1. The monoisotopic (exact) mass is 354 g/mol. The predicted octanol–water partition coefficient (Wildman–Crippen LogP) is 4.73. The number of hydrogen-bond donors (Lipinski definition) is 1. The second-order valence-corrected chi connectivity index (χ2v) is 5.21. The summed E-state index contributed by atoms with van der Waals surface area (Å²) < 4.78 is 60.0. The number of aromatic amines is 1. The van der Waals surface area contributed by atoms with Gasteiger partial charge in [-0.05, 0) is 36.8 Å². The number of benzene rings is 2. The van der Waals surface area contributed by atoms with Gasteiger partial charge < -0.3 is 14.5 Å². The number of alkyl halides is 3. The highest BCUT2D eigenvalue weighted by Crippen LogP contribution is 2.29. The third-order valence-electron chi connectivity index (χ3n) is 3.48. The van der Waals surface area contributed by atoms with Gasteiger partial charge in [0.25, 0.3) is 0 Å². The van der Waals surface area contributed by atoms with E-state index in [1.165, 1.54) is 30.3 Å². The van der Waals surface area contributed by atoms with Gasteiger partial charge in [0, 0.05) is 6.61 Å². The molecule has 8 heteroatoms. The molecule has 1 N–H and O–H groups in total. The first-order valence-electron chi connectivity index (χ1n) is 7.49. The van der Waals surface area contributed by atoms with E-state index < -0.39 is 18.3 Å². The second-order valence-electron chi connectivity index (χ2n) is 5.21. The third-order valence-corrected chi connectivity index (χ3v) is 3.48. The lowest BCUT2D eigenvalue weighted by atomic mass is 10.1. The first kappa shape index (κ1) is 17.2. The first-order valence-corrected chi connectivity index (χ1v) is 7.49. The third kappa shape index (κ3) is 3.90. The van der Waals surface area contributed by atoms with E-state index in [0.29, 0.717) is 23.5 Å². The second kappa shape index (κ2) is 6.72. The number of aromatic nitrogens is 2. The Hall–Kier alpha value is -2.61. The molecule has 0 amide bonds. The SMILES string of the molecule is CCOC(c1ccc(OC(F)(F)F)cc1)c1nc2c(F)cccc2[nH]1. The lowest BCUT2D eigenvalue weighted by Crippen LogP contribution is -2.17. The predicted molar refractivity (Wildman–Crippen MR) is 82.6 cm³/mol. The molecule has 0 aliphatic carbocycles. The van der Waals surface area contributed by atoms with Gasteiger partial charge in [-0.1, -0.05) is 18.2 Å². The van der Waals surface area contributed by atoms with Crippen molar-refractivity contribution in [2.24, 2.45) is 0 Å². The van der Waals surface area contributed by atoms with Crippen molar-refractivity contribution in [2.75, 3.05) is 6.61 Å². The number of rotatable bonds is 5. The molecule has 0 aliphatic heterocycles. The maximum atomic E-state index is 13.8. The van der Waals surface area contributed by atoms with Crippen LogP contribution in [0.2, 0.25) is 0 Å². The Morgan fingerprint density at radius 3 is 2.44 bits per heavy atom. The Labute approximate surface area is 140 Å². The molecule has 0 aliphatic rings. The zero-order valence-corrected chi connectivity index (χ0v) is 13.1. The molecule has 3 aromatic rings. The molecule has 1 aromatic heterocycles. The average Bonchev–Trinajstić information content (AvgIpc) is 2.97. The van der Waals surface area contributed by atoms with E-state index in [2.05, 4.69) is 14.7 Å². The summed E-state index contributed by atoms with van der Waals surface area (Å²) in [7, 11) is 0. The van der Waals surface area contributed by atoms with Crippen molar-refractivity contribution < 1.29 is 27.0 Å². The number of ether oxygens (including phenoxy) is 2. The molecular weight excluding hydrogens is 340 g/mol. The summed E-state index contributed by atoms with van der Waals surface area (Å²) in [4.78, 5) is 7.21. The van der Waals surface area contributed by atoms with Crippen molar-refractivity contribution in [2.45, 2.75) is 19.4 Å². The van der Waals surface area contributed by atoms with Crippen LogP contribution >= 0.6 is 0 Å². The van der Waals surface area contributed by atoms with E-state index in [0.717, 1.165) is 0 Å². The number of nitrogens with one attached hydrogen (secondary N) is 1. The van der Waals surface area contributed by atoms with Crippen LogP contribution in [-0.2, 0) is 4.74 Å². The molecule has 1 atom stereocenters. The summed E-state index contributed by atoms with van der Waals surface area (Å²) in [6, 6.07) is 9.81. The quantitative estimate of drug-likeness (QED) is 0.674. The van der Waals surface area contributed by atoms with Crippen molar-refractivity contribution in [3.8, 4) is 5.75 Å². The van der Waals surface area contributed by atoms with Gasteiger partial charge in [0.2, 0.25) is 0 Å². The lowest BCUT2D eigenvalue weighted by Gasteiger charge is -2.16. The van der Waals surface area contributed by atoms with Gasteiger partial charge in [0.15, 0.2) is 5.82 Å². The van der Waals surface area contributed by atoms with E-state index in [-0.39, 0.29) is 11.3 Å². The van der Waals surface area contributed by atoms with Crippen LogP contribution in [0.3, 0.4) is 0 Å². The van der Waals surface area contributed by atoms with Gasteiger partial charge in [0.05, 0.1) is 5.52 Å². The molecule has 0 bridgehead atoms. The summed E-state index contributed by atoms with van der Waals surface area (Å²) >= 11 is 0. The highest BCUT2D eigenvalue weighted by molar-refractivity contribution is 5.75. The fourth-order valence-electron chi connectivity index (χ4n) is 2.48. The highest BCUT2D eigenvalue weighted by atomic mass is 19.4. The maximum absolute atomic E-state index is 13.8. The minimum Gasteiger partial charge on any atom is -0.406 e. The highest BCUT2D eigenvalue weighted by Gasteiger charge is 2.31. The zero-order chi connectivity index (χ0) is 18.0. The Morgan fingerprint density at radius 1 is 1.12 bits per heavy atom. The van der Waals surface area contributed by atoms with E-state index in [4.69, 9.17) is 4.74 Å². The standard InChI is InChI=1S/C17H14F4N2O2/c1-2-24-15(10-6-8-11(9-7-10)25-17(19,20)21)16-22-13-5-3-4-12(18)14(13)23-16/h3-9,15H,2H2,1H3,(H,22,23). The summed E-state index contributed by atoms with van der Waals surface area (Å²) in [6.07, 6.45) is -5.42. The number of para-hydroxylation sites is 1. The number of H-pyrrole nitrogens is 1. The number of hydrogen-bond acceptors (Lipinski definition) is 3. The first-order chi connectivity index (χ1) is 11.9. The van der Waals surface area contributed by atoms with Crippen LogP contribution in [0.25, 0.3) is 11.0 Å². The van der Waals surface area contributed by atoms with Crippen molar-refractivity contribution in [1.82, 2.24) is 9.97 Å². The maximum Gasteiger partial charge on any atom is 0.573 e. The normalized spacial score (nSPS) is 13.2. The summed E-state index contributed by atoms with van der Waals surface area (Å²) in [5, 5.41) is 0.